The van der Waals surface area contributed by atoms with Crippen molar-refractivity contribution in [3.63, 3.8) is 0 Å². The maximum absolute atomic E-state index is 13.4. The van der Waals surface area contributed by atoms with Crippen molar-refractivity contribution >= 4 is 46.8 Å². The molecule has 3 rings (SSSR count). The molecule has 0 aliphatic carbocycles. The third kappa shape index (κ3) is 8.01. The minimum Gasteiger partial charge on any atom is -0.465 e. The van der Waals surface area contributed by atoms with Gasteiger partial charge in [0.05, 0.1) is 46.7 Å². The van der Waals surface area contributed by atoms with Crippen molar-refractivity contribution in [2.45, 2.75) is 23.7 Å². The first-order valence-electron chi connectivity index (χ1n) is 10.5. The van der Waals surface area contributed by atoms with E-state index in [1.165, 1.54) is 6.07 Å². The summed E-state index contributed by atoms with van der Waals surface area (Å²) in [6, 6.07) is 8.56. The van der Waals surface area contributed by atoms with Gasteiger partial charge in [0.2, 0.25) is 5.91 Å². The molecule has 2 aromatic carbocycles. The average Bonchev–Trinajstić information content (AvgIpc) is 2.83. The van der Waals surface area contributed by atoms with Gasteiger partial charge in [0.1, 0.15) is 0 Å². The molecular formula is C23H23Cl2F3N2O4S. The SMILES string of the molecule is COC(=O)c1ccc(SCC(=O)NCC2CN(Cc3ccc(Cl)c(Cl)c3)CCO2)c(C(F)(F)F)c1. The molecule has 35 heavy (non-hydrogen) atoms. The highest BCUT2D eigenvalue weighted by Crippen LogP contribution is 2.37. The molecule has 1 fully saturated rings. The Morgan fingerprint density at radius 2 is 1.97 bits per heavy atom. The highest BCUT2D eigenvalue weighted by Gasteiger charge is 2.34. The van der Waals surface area contributed by atoms with E-state index in [4.69, 9.17) is 27.9 Å². The van der Waals surface area contributed by atoms with Gasteiger partial charge in [0.15, 0.2) is 0 Å². The van der Waals surface area contributed by atoms with E-state index in [1.54, 1.807) is 12.1 Å². The smallest absolute Gasteiger partial charge is 0.417 e. The minimum absolute atomic E-state index is 0.151. The van der Waals surface area contributed by atoms with Crippen LogP contribution in [0, 0.1) is 0 Å². The van der Waals surface area contributed by atoms with Gasteiger partial charge in [0, 0.05) is 31.1 Å². The topological polar surface area (TPSA) is 67.9 Å². The van der Waals surface area contributed by atoms with Gasteiger partial charge in [0.25, 0.3) is 0 Å². The molecule has 1 heterocycles. The predicted molar refractivity (Wildman–Crippen MR) is 128 cm³/mol. The second kappa shape index (κ2) is 12.3. The summed E-state index contributed by atoms with van der Waals surface area (Å²) in [5, 5.41) is 3.68. The number of hydrogen-bond donors (Lipinski definition) is 1. The van der Waals surface area contributed by atoms with Gasteiger partial charge in [-0.15, -0.1) is 11.8 Å². The van der Waals surface area contributed by atoms with E-state index < -0.39 is 23.6 Å². The number of nitrogens with one attached hydrogen (secondary N) is 1. The monoisotopic (exact) mass is 550 g/mol. The van der Waals surface area contributed by atoms with Crippen LogP contribution >= 0.6 is 35.0 Å². The molecule has 2 aromatic rings. The molecule has 6 nitrogen and oxygen atoms in total. The summed E-state index contributed by atoms with van der Waals surface area (Å²) in [6.07, 6.45) is -4.94. The van der Waals surface area contributed by atoms with Gasteiger partial charge in [-0.25, -0.2) is 4.79 Å². The molecule has 1 aliphatic rings. The minimum atomic E-state index is -4.68. The van der Waals surface area contributed by atoms with E-state index >= 15 is 0 Å². The Labute approximate surface area is 215 Å². The Bertz CT molecular complexity index is 1070. The van der Waals surface area contributed by atoms with Crippen LogP contribution in [0.1, 0.15) is 21.5 Å². The predicted octanol–water partition coefficient (Wildman–Crippen LogP) is 4.91. The van der Waals surface area contributed by atoms with Crippen LogP contribution < -0.4 is 5.32 Å². The van der Waals surface area contributed by atoms with Crippen LogP contribution in [0.5, 0.6) is 0 Å². The fourth-order valence-electron chi connectivity index (χ4n) is 3.49. The van der Waals surface area contributed by atoms with E-state index in [2.05, 4.69) is 15.0 Å². The van der Waals surface area contributed by atoms with Crippen LogP contribution in [-0.2, 0) is 27.0 Å². The molecule has 0 spiro atoms. The number of alkyl halides is 3. The number of hydrogen-bond acceptors (Lipinski definition) is 6. The van der Waals surface area contributed by atoms with Crippen molar-refractivity contribution in [2.24, 2.45) is 0 Å². The lowest BCUT2D eigenvalue weighted by Gasteiger charge is -2.33. The molecule has 1 saturated heterocycles. The Hall–Kier alpha value is -1.98. The lowest BCUT2D eigenvalue weighted by atomic mass is 10.1. The quantitative estimate of drug-likeness (QED) is 0.372. The molecule has 0 bridgehead atoms. The van der Waals surface area contributed by atoms with E-state index in [0.29, 0.717) is 36.3 Å². The van der Waals surface area contributed by atoms with Gasteiger partial charge < -0.3 is 14.8 Å². The van der Waals surface area contributed by atoms with Crippen LogP contribution in [0.25, 0.3) is 0 Å². The zero-order valence-electron chi connectivity index (χ0n) is 18.7. The first-order valence-corrected chi connectivity index (χ1v) is 12.3. The molecule has 1 atom stereocenters. The van der Waals surface area contributed by atoms with Crippen LogP contribution in [-0.4, -0.2) is 62.0 Å². The summed E-state index contributed by atoms with van der Waals surface area (Å²) >= 11 is 12.8. The summed E-state index contributed by atoms with van der Waals surface area (Å²) in [5.41, 5.74) is -0.209. The Morgan fingerprint density at radius 1 is 1.20 bits per heavy atom. The lowest BCUT2D eigenvalue weighted by Crippen LogP contribution is -2.47. The van der Waals surface area contributed by atoms with E-state index in [1.807, 2.05) is 6.07 Å². The first-order chi connectivity index (χ1) is 16.6. The van der Waals surface area contributed by atoms with Crippen molar-refractivity contribution in [3.8, 4) is 0 Å². The number of methoxy groups -OCH3 is 1. The van der Waals surface area contributed by atoms with Gasteiger partial charge >= 0.3 is 12.1 Å². The van der Waals surface area contributed by atoms with Crippen LogP contribution in [0.2, 0.25) is 10.0 Å². The second-order valence-corrected chi connectivity index (χ2v) is 9.60. The van der Waals surface area contributed by atoms with Crippen molar-refractivity contribution < 1.29 is 32.2 Å². The summed E-state index contributed by atoms with van der Waals surface area (Å²) in [7, 11) is 1.09. The van der Waals surface area contributed by atoms with Gasteiger partial charge in [-0.2, -0.15) is 13.2 Å². The number of nitrogens with zero attached hydrogens (tertiary/aromatic N) is 1. The number of carbonyl (C=O) groups is 2. The zero-order valence-corrected chi connectivity index (χ0v) is 21.0. The van der Waals surface area contributed by atoms with Crippen LogP contribution in [0.3, 0.4) is 0 Å². The molecule has 1 unspecified atom stereocenters. The number of benzene rings is 2. The van der Waals surface area contributed by atoms with Crippen LogP contribution in [0.15, 0.2) is 41.3 Å². The normalized spacial score (nSPS) is 16.7. The molecule has 0 saturated carbocycles. The summed E-state index contributed by atoms with van der Waals surface area (Å²) in [4.78, 5) is 25.9. The maximum Gasteiger partial charge on any atom is 0.417 e. The molecule has 0 radical (unpaired) electrons. The number of rotatable bonds is 8. The summed E-state index contributed by atoms with van der Waals surface area (Å²) in [5.74, 6) is -1.52. The van der Waals surface area contributed by atoms with E-state index in [9.17, 15) is 22.8 Å². The third-order valence-electron chi connectivity index (χ3n) is 5.20. The van der Waals surface area contributed by atoms with E-state index in [-0.39, 0.29) is 28.9 Å². The number of amides is 1. The third-order valence-corrected chi connectivity index (χ3v) is 7.02. The van der Waals surface area contributed by atoms with Crippen molar-refractivity contribution in [3.05, 3.63) is 63.1 Å². The Balaban J connectivity index is 1.51. The van der Waals surface area contributed by atoms with E-state index in [0.717, 1.165) is 36.6 Å². The largest absolute Gasteiger partial charge is 0.465 e. The lowest BCUT2D eigenvalue weighted by molar-refractivity contribution is -0.139. The first kappa shape index (κ1) is 27.6. The molecule has 1 aliphatic heterocycles. The molecular weight excluding hydrogens is 528 g/mol. The summed E-state index contributed by atoms with van der Waals surface area (Å²) in [6.45, 7) is 2.63. The van der Waals surface area contributed by atoms with Crippen LogP contribution in [0.4, 0.5) is 13.2 Å². The molecule has 190 valence electrons. The molecule has 1 N–H and O–H groups in total. The number of morpholine rings is 1. The van der Waals surface area contributed by atoms with Crippen molar-refractivity contribution in [2.75, 3.05) is 39.1 Å². The van der Waals surface area contributed by atoms with Crippen molar-refractivity contribution in [1.82, 2.24) is 10.2 Å². The number of halogens is 5. The zero-order chi connectivity index (χ0) is 25.6. The molecule has 1 amide bonds. The maximum atomic E-state index is 13.4. The van der Waals surface area contributed by atoms with Gasteiger partial charge in [-0.05, 0) is 35.9 Å². The number of thioether (sulfide) groups is 1. The number of ether oxygens (including phenoxy) is 2. The fourth-order valence-corrected chi connectivity index (χ4v) is 4.69. The highest BCUT2D eigenvalue weighted by molar-refractivity contribution is 8.00. The van der Waals surface area contributed by atoms with Gasteiger partial charge in [-0.3, -0.25) is 9.69 Å². The highest BCUT2D eigenvalue weighted by atomic mass is 35.5. The Morgan fingerprint density at radius 3 is 2.66 bits per heavy atom. The fraction of sp³-hybridized carbons (Fsp3) is 0.391. The van der Waals surface area contributed by atoms with Gasteiger partial charge in [-0.1, -0.05) is 29.3 Å². The number of carbonyl (C=O) groups excluding carboxylic acids is 2. The summed E-state index contributed by atoms with van der Waals surface area (Å²) < 4.78 is 50.5. The number of esters is 1. The average molecular weight is 551 g/mol. The Kier molecular flexibility index (Phi) is 9.71. The molecule has 12 heteroatoms. The standard InChI is InChI=1S/C23H23Cl2F3N2O4S/c1-33-22(32)15-3-5-20(17(9-15)23(26,27)28)35-13-21(31)29-10-16-12-30(6-7-34-16)11-14-2-4-18(24)19(25)8-14/h2-5,8-9,16H,6-7,10-13H2,1H3,(H,29,31). The van der Waals surface area contributed by atoms with Crippen molar-refractivity contribution in [1.29, 1.82) is 0 Å². The molecule has 0 aromatic heterocycles. The second-order valence-electron chi connectivity index (χ2n) is 7.77.